The minimum atomic E-state index is -0.0173. The van der Waals surface area contributed by atoms with Crippen molar-refractivity contribution >= 4 is 32.8 Å². The van der Waals surface area contributed by atoms with Gasteiger partial charge in [0, 0.05) is 23.4 Å². The summed E-state index contributed by atoms with van der Waals surface area (Å²) in [7, 11) is 0. The van der Waals surface area contributed by atoms with Gasteiger partial charge in [-0.05, 0) is 58.4 Å². The van der Waals surface area contributed by atoms with E-state index in [1.54, 1.807) is 6.33 Å². The Morgan fingerprint density at radius 1 is 0.838 bits per heavy atom. The molecule has 0 N–H and O–H groups in total. The lowest BCUT2D eigenvalue weighted by Crippen LogP contribution is -2.12. The van der Waals surface area contributed by atoms with Gasteiger partial charge in [0.1, 0.15) is 34.6 Å². The standard InChI is InChI=1S/C33H32N2O2/c1-19(2)14-28-20(3)23-12-9-13-25(31(23)36-28)29-17-27-32(37-29)30(35-18-34-27)22-15-21-10-7-8-11-24(21)26(16-22)33(4,5)6/h7-13,15-19H,14H2,1-6H3. The number of nitrogens with zero attached hydrogens (tertiary/aromatic N) is 2. The van der Waals surface area contributed by atoms with E-state index in [2.05, 4.69) is 101 Å². The molecular formula is C33H32N2O2. The summed E-state index contributed by atoms with van der Waals surface area (Å²) in [5.74, 6) is 2.30. The highest BCUT2D eigenvalue weighted by molar-refractivity contribution is 5.99. The van der Waals surface area contributed by atoms with Crippen molar-refractivity contribution in [1.29, 1.82) is 0 Å². The average molecular weight is 489 g/mol. The zero-order chi connectivity index (χ0) is 25.9. The Morgan fingerprint density at radius 3 is 2.41 bits per heavy atom. The number of aromatic nitrogens is 2. The predicted molar refractivity (Wildman–Crippen MR) is 152 cm³/mol. The van der Waals surface area contributed by atoms with Gasteiger partial charge in [-0.2, -0.15) is 0 Å². The second-order valence-electron chi connectivity index (χ2n) is 11.5. The fraction of sp³-hybridized carbons (Fsp3) is 0.273. The number of benzene rings is 3. The van der Waals surface area contributed by atoms with Gasteiger partial charge >= 0.3 is 0 Å². The van der Waals surface area contributed by atoms with Crippen LogP contribution in [0.25, 0.3) is 55.4 Å². The van der Waals surface area contributed by atoms with Gasteiger partial charge in [0.2, 0.25) is 0 Å². The van der Waals surface area contributed by atoms with Crippen molar-refractivity contribution < 1.29 is 8.83 Å². The first-order valence-corrected chi connectivity index (χ1v) is 13.0. The van der Waals surface area contributed by atoms with Crippen LogP contribution in [0.2, 0.25) is 0 Å². The Balaban J connectivity index is 1.54. The van der Waals surface area contributed by atoms with Crippen molar-refractivity contribution in [1.82, 2.24) is 9.97 Å². The van der Waals surface area contributed by atoms with Crippen molar-refractivity contribution in [3.05, 3.63) is 83.9 Å². The van der Waals surface area contributed by atoms with Gasteiger partial charge in [0.15, 0.2) is 5.58 Å². The van der Waals surface area contributed by atoms with Crippen LogP contribution in [0.3, 0.4) is 0 Å². The molecule has 186 valence electrons. The van der Waals surface area contributed by atoms with Crippen molar-refractivity contribution in [3.8, 4) is 22.6 Å². The fourth-order valence-electron chi connectivity index (χ4n) is 5.31. The van der Waals surface area contributed by atoms with Crippen LogP contribution in [0.15, 0.2) is 75.8 Å². The molecule has 4 nitrogen and oxygen atoms in total. The SMILES string of the molecule is Cc1c(CC(C)C)oc2c(-c3cc4ncnc(-c5cc(C(C)(C)C)c6ccccc6c5)c4o3)cccc12. The lowest BCUT2D eigenvalue weighted by atomic mass is 9.82. The zero-order valence-corrected chi connectivity index (χ0v) is 22.3. The second kappa shape index (κ2) is 8.58. The lowest BCUT2D eigenvalue weighted by molar-refractivity contribution is 0.496. The van der Waals surface area contributed by atoms with Gasteiger partial charge in [-0.3, -0.25) is 0 Å². The molecular weight excluding hydrogens is 456 g/mol. The monoisotopic (exact) mass is 488 g/mol. The Bertz CT molecular complexity index is 1780. The molecule has 6 rings (SSSR count). The van der Waals surface area contributed by atoms with Crippen LogP contribution < -0.4 is 0 Å². The molecule has 0 atom stereocenters. The van der Waals surface area contributed by atoms with Crippen molar-refractivity contribution in [2.75, 3.05) is 0 Å². The number of furan rings is 2. The molecule has 6 aromatic rings. The molecule has 3 aromatic carbocycles. The Morgan fingerprint density at radius 2 is 1.62 bits per heavy atom. The molecule has 0 radical (unpaired) electrons. The molecule has 0 aliphatic heterocycles. The third-order valence-corrected chi connectivity index (χ3v) is 7.18. The quantitative estimate of drug-likeness (QED) is 0.248. The summed E-state index contributed by atoms with van der Waals surface area (Å²) in [6.45, 7) is 13.3. The van der Waals surface area contributed by atoms with E-state index in [0.717, 1.165) is 51.2 Å². The van der Waals surface area contributed by atoms with E-state index in [1.807, 2.05) is 6.07 Å². The van der Waals surface area contributed by atoms with E-state index in [1.165, 1.54) is 21.9 Å². The van der Waals surface area contributed by atoms with E-state index in [4.69, 9.17) is 13.8 Å². The molecule has 3 aromatic heterocycles. The van der Waals surface area contributed by atoms with Crippen LogP contribution in [0.4, 0.5) is 0 Å². The number of hydrogen-bond donors (Lipinski definition) is 0. The molecule has 0 fully saturated rings. The third-order valence-electron chi connectivity index (χ3n) is 7.18. The van der Waals surface area contributed by atoms with Crippen LogP contribution >= 0.6 is 0 Å². The highest BCUT2D eigenvalue weighted by Crippen LogP contribution is 2.40. The molecule has 4 heteroatoms. The molecule has 0 saturated carbocycles. The maximum atomic E-state index is 6.53. The van der Waals surface area contributed by atoms with E-state index < -0.39 is 0 Å². The van der Waals surface area contributed by atoms with Crippen molar-refractivity contribution in [3.63, 3.8) is 0 Å². The summed E-state index contributed by atoms with van der Waals surface area (Å²) in [6.07, 6.45) is 2.54. The average Bonchev–Trinajstić information content (AvgIpc) is 3.43. The van der Waals surface area contributed by atoms with Gasteiger partial charge in [-0.1, -0.05) is 71.0 Å². The van der Waals surface area contributed by atoms with E-state index in [0.29, 0.717) is 11.5 Å². The van der Waals surface area contributed by atoms with E-state index >= 15 is 0 Å². The highest BCUT2D eigenvalue weighted by atomic mass is 16.4. The smallest absolute Gasteiger partial charge is 0.179 e. The molecule has 0 aliphatic carbocycles. The van der Waals surface area contributed by atoms with Crippen molar-refractivity contribution in [2.45, 2.75) is 53.4 Å². The van der Waals surface area contributed by atoms with E-state index in [-0.39, 0.29) is 5.41 Å². The Labute approximate surface area is 217 Å². The predicted octanol–water partition coefficient (Wildman–Crippen LogP) is 9.26. The van der Waals surface area contributed by atoms with Crippen molar-refractivity contribution in [2.24, 2.45) is 5.92 Å². The summed E-state index contributed by atoms with van der Waals surface area (Å²) in [4.78, 5) is 9.25. The van der Waals surface area contributed by atoms with Gasteiger partial charge in [-0.15, -0.1) is 0 Å². The number of aryl methyl sites for hydroxylation is 1. The maximum absolute atomic E-state index is 6.53. The summed E-state index contributed by atoms with van der Waals surface area (Å²) < 4.78 is 12.9. The lowest BCUT2D eigenvalue weighted by Gasteiger charge is -2.22. The summed E-state index contributed by atoms with van der Waals surface area (Å²) in [5.41, 5.74) is 7.58. The molecule has 0 saturated heterocycles. The van der Waals surface area contributed by atoms with Gasteiger partial charge in [0.05, 0.1) is 5.56 Å². The zero-order valence-electron chi connectivity index (χ0n) is 22.3. The molecule has 0 amide bonds. The van der Waals surface area contributed by atoms with Crippen LogP contribution in [0.1, 0.15) is 51.5 Å². The van der Waals surface area contributed by atoms with Crippen LogP contribution in [-0.4, -0.2) is 9.97 Å². The third kappa shape index (κ3) is 4.01. The first kappa shape index (κ1) is 23.5. The van der Waals surface area contributed by atoms with Crippen LogP contribution in [0.5, 0.6) is 0 Å². The number of hydrogen-bond acceptors (Lipinski definition) is 4. The number of fused-ring (bicyclic) bond motifs is 3. The Hall–Kier alpha value is -3.92. The normalized spacial score (nSPS) is 12.4. The Kier molecular flexibility index (Phi) is 5.45. The van der Waals surface area contributed by atoms with Crippen LogP contribution in [0, 0.1) is 12.8 Å². The first-order valence-electron chi connectivity index (χ1n) is 13.0. The summed E-state index contributed by atoms with van der Waals surface area (Å²) in [5, 5.41) is 3.59. The van der Waals surface area contributed by atoms with Crippen LogP contribution in [-0.2, 0) is 11.8 Å². The fourth-order valence-corrected chi connectivity index (χ4v) is 5.31. The number of rotatable bonds is 4. The second-order valence-corrected chi connectivity index (χ2v) is 11.5. The highest BCUT2D eigenvalue weighted by Gasteiger charge is 2.22. The van der Waals surface area contributed by atoms with Gasteiger partial charge in [-0.25, -0.2) is 9.97 Å². The van der Waals surface area contributed by atoms with Gasteiger partial charge in [0.25, 0.3) is 0 Å². The van der Waals surface area contributed by atoms with Gasteiger partial charge < -0.3 is 8.83 Å². The molecule has 0 bridgehead atoms. The molecule has 37 heavy (non-hydrogen) atoms. The summed E-state index contributed by atoms with van der Waals surface area (Å²) >= 11 is 0. The topological polar surface area (TPSA) is 52.1 Å². The first-order chi connectivity index (χ1) is 17.7. The molecule has 0 unspecified atom stereocenters. The minimum Gasteiger partial charge on any atom is -0.460 e. The summed E-state index contributed by atoms with van der Waals surface area (Å²) in [6, 6.07) is 21.2. The minimum absolute atomic E-state index is 0.0173. The van der Waals surface area contributed by atoms with E-state index in [9.17, 15) is 0 Å². The molecule has 0 aliphatic rings. The maximum Gasteiger partial charge on any atom is 0.179 e. The molecule has 3 heterocycles. The number of para-hydroxylation sites is 1. The molecule has 0 spiro atoms. The largest absolute Gasteiger partial charge is 0.460 e.